The Hall–Kier alpha value is -3.08. The smallest absolute Gasteiger partial charge is 0.305 e. The summed E-state index contributed by atoms with van der Waals surface area (Å²) in [6.07, 6.45) is -0.800. The van der Waals surface area contributed by atoms with Crippen LogP contribution < -0.4 is 0 Å². The van der Waals surface area contributed by atoms with E-state index in [9.17, 15) is 19.8 Å². The highest BCUT2D eigenvalue weighted by molar-refractivity contribution is 6.30. The molecule has 5 rings (SSSR count). The van der Waals surface area contributed by atoms with Crippen molar-refractivity contribution in [1.82, 2.24) is 4.90 Å². The fraction of sp³-hybridized carbons (Fsp3) is 0.355. The number of nitrogens with zero attached hydrogens (tertiary/aromatic N) is 1. The summed E-state index contributed by atoms with van der Waals surface area (Å²) in [5, 5.41) is 22.2. The number of hydrogen-bond donors (Lipinski definition) is 2. The highest BCUT2D eigenvalue weighted by Crippen LogP contribution is 2.53. The summed E-state index contributed by atoms with van der Waals surface area (Å²) in [5.74, 6) is -2.92. The molecule has 2 aliphatic rings. The third-order valence-corrected chi connectivity index (χ3v) is 8.91. The molecule has 2 N–H and O–H groups in total. The summed E-state index contributed by atoms with van der Waals surface area (Å²) in [6.45, 7) is 1.41. The molecule has 0 unspecified atom stereocenters. The number of methoxy groups -OCH3 is 1. The van der Waals surface area contributed by atoms with Gasteiger partial charge in [0.25, 0.3) is 5.91 Å². The summed E-state index contributed by atoms with van der Waals surface area (Å²) >= 11 is 12.2. The van der Waals surface area contributed by atoms with E-state index >= 15 is 8.78 Å². The Kier molecular flexibility index (Phi) is 8.10. The van der Waals surface area contributed by atoms with Crippen molar-refractivity contribution < 1.29 is 38.1 Å². The van der Waals surface area contributed by atoms with Gasteiger partial charge in [0, 0.05) is 48.8 Å². The van der Waals surface area contributed by atoms with Crippen molar-refractivity contribution in [3.05, 3.63) is 104 Å². The van der Waals surface area contributed by atoms with Crippen molar-refractivity contribution in [3.63, 3.8) is 0 Å². The Bertz CT molecular complexity index is 1510. The molecule has 11 heteroatoms. The lowest BCUT2D eigenvalue weighted by Crippen LogP contribution is -2.50. The lowest BCUT2D eigenvalue weighted by atomic mass is 9.75. The van der Waals surface area contributed by atoms with Gasteiger partial charge < -0.3 is 19.7 Å². The van der Waals surface area contributed by atoms with E-state index in [1.54, 1.807) is 48.5 Å². The number of aliphatic hydroxyl groups is 1. The van der Waals surface area contributed by atoms with Crippen LogP contribution in [0.5, 0.6) is 0 Å². The number of carbonyl (C=O) groups excluding carboxylic acids is 1. The van der Waals surface area contributed by atoms with E-state index in [4.69, 9.17) is 32.7 Å². The van der Waals surface area contributed by atoms with E-state index < -0.39 is 47.2 Å². The topological polar surface area (TPSA) is 96.3 Å². The van der Waals surface area contributed by atoms with Crippen molar-refractivity contribution in [3.8, 4) is 0 Å². The minimum Gasteiger partial charge on any atom is -0.481 e. The number of carboxylic acid groups (broad SMARTS) is 1. The second-order valence-electron chi connectivity index (χ2n) is 10.7. The number of rotatable bonds is 8. The molecule has 0 aliphatic carbocycles. The fourth-order valence-corrected chi connectivity index (χ4v) is 6.33. The molecule has 7 nitrogen and oxygen atoms in total. The summed E-state index contributed by atoms with van der Waals surface area (Å²) in [4.78, 5) is 27.7. The van der Waals surface area contributed by atoms with Crippen LogP contribution >= 0.6 is 23.2 Å². The summed E-state index contributed by atoms with van der Waals surface area (Å²) in [6, 6.07) is 13.6. The monoisotopic (exact) mass is 619 g/mol. The van der Waals surface area contributed by atoms with E-state index in [1.807, 2.05) is 0 Å². The van der Waals surface area contributed by atoms with Gasteiger partial charge in [0.15, 0.2) is 5.72 Å². The second-order valence-corrected chi connectivity index (χ2v) is 11.6. The minimum atomic E-state index is -2.17. The van der Waals surface area contributed by atoms with Crippen molar-refractivity contribution in [2.24, 2.45) is 0 Å². The number of amides is 1. The Labute approximate surface area is 251 Å². The van der Waals surface area contributed by atoms with Crippen molar-refractivity contribution in [2.75, 3.05) is 20.3 Å². The lowest BCUT2D eigenvalue weighted by Gasteiger charge is -2.43. The first-order valence-corrected chi connectivity index (χ1v) is 14.1. The molecule has 42 heavy (non-hydrogen) atoms. The van der Waals surface area contributed by atoms with Gasteiger partial charge in [-0.2, -0.15) is 0 Å². The Balaban J connectivity index is 1.77. The van der Waals surface area contributed by atoms with E-state index in [2.05, 4.69) is 0 Å². The summed E-state index contributed by atoms with van der Waals surface area (Å²) in [5.41, 5.74) is -6.07. The normalized spacial score (nSPS) is 22.0. The zero-order valence-electron chi connectivity index (χ0n) is 22.9. The molecule has 0 spiro atoms. The molecule has 1 saturated heterocycles. The SMILES string of the molecule is CO[C@]1(c2ccc(Cl)cc2)c2c(F)cc([C@@](C)(O)C3(F)CCOCC3)cc2C(=O)N1[C@H](CC(=O)O)c1ccc(Cl)cc1. The molecule has 1 fully saturated rings. The van der Waals surface area contributed by atoms with E-state index in [-0.39, 0.29) is 42.7 Å². The Morgan fingerprint density at radius 3 is 2.21 bits per heavy atom. The molecule has 0 bridgehead atoms. The van der Waals surface area contributed by atoms with Crippen LogP contribution in [0.3, 0.4) is 0 Å². The molecule has 1 amide bonds. The first-order chi connectivity index (χ1) is 19.9. The van der Waals surface area contributed by atoms with E-state index in [0.717, 1.165) is 6.07 Å². The maximum absolute atomic E-state index is 16.5. The molecule has 2 heterocycles. The summed E-state index contributed by atoms with van der Waals surface area (Å²) in [7, 11) is 1.28. The third-order valence-electron chi connectivity index (χ3n) is 8.40. The van der Waals surface area contributed by atoms with Gasteiger partial charge >= 0.3 is 5.97 Å². The van der Waals surface area contributed by atoms with Crippen LogP contribution in [0.25, 0.3) is 0 Å². The number of halogens is 4. The number of carbonyl (C=O) groups is 2. The maximum atomic E-state index is 16.5. The van der Waals surface area contributed by atoms with E-state index in [0.29, 0.717) is 21.2 Å². The highest BCUT2D eigenvalue weighted by atomic mass is 35.5. The van der Waals surface area contributed by atoms with Gasteiger partial charge in [-0.25, -0.2) is 8.78 Å². The molecular weight excluding hydrogens is 591 g/mol. The molecule has 3 aromatic carbocycles. The number of ether oxygens (including phenoxy) is 2. The zero-order valence-corrected chi connectivity index (χ0v) is 24.4. The minimum absolute atomic E-state index is 0.0775. The lowest BCUT2D eigenvalue weighted by molar-refractivity contribution is -0.143. The van der Waals surface area contributed by atoms with Crippen LogP contribution in [-0.2, 0) is 25.6 Å². The average Bonchev–Trinajstić information content (AvgIpc) is 3.21. The predicted octanol–water partition coefficient (Wildman–Crippen LogP) is 6.38. The molecule has 0 radical (unpaired) electrons. The summed E-state index contributed by atoms with van der Waals surface area (Å²) < 4.78 is 43.8. The zero-order chi connectivity index (χ0) is 30.4. The Morgan fingerprint density at radius 2 is 1.67 bits per heavy atom. The van der Waals surface area contributed by atoms with Gasteiger partial charge in [0.05, 0.1) is 23.6 Å². The quantitative estimate of drug-likeness (QED) is 0.304. The largest absolute Gasteiger partial charge is 0.481 e. The van der Waals surface area contributed by atoms with Gasteiger partial charge in [-0.05, 0) is 54.4 Å². The third kappa shape index (κ3) is 4.87. The number of alkyl halides is 1. The van der Waals surface area contributed by atoms with Gasteiger partial charge in [0.1, 0.15) is 17.1 Å². The standard InChI is InChI=1S/C31H29Cl2F2NO6/c1-29(40,30(35)11-13-42-14-12-30)20-15-23-27(24(34)16-20)31(41-2,19-5-9-22(33)10-6-19)36(28(23)39)25(17-26(37)38)18-3-7-21(32)8-4-18/h3-10,15-16,25,40H,11-14,17H2,1-2H3,(H,37,38)/t25-,29-,31-/m1/s1. The molecule has 2 aliphatic heterocycles. The number of fused-ring (bicyclic) bond motifs is 1. The maximum Gasteiger partial charge on any atom is 0.305 e. The number of aliphatic carboxylic acids is 1. The van der Waals surface area contributed by atoms with Gasteiger partial charge in [-0.15, -0.1) is 0 Å². The van der Waals surface area contributed by atoms with Crippen molar-refractivity contribution in [2.45, 2.75) is 49.2 Å². The van der Waals surface area contributed by atoms with Crippen LogP contribution in [0.4, 0.5) is 8.78 Å². The molecule has 3 aromatic rings. The predicted molar refractivity (Wildman–Crippen MR) is 152 cm³/mol. The first kappa shape index (κ1) is 30.4. The number of hydrogen-bond acceptors (Lipinski definition) is 5. The van der Waals surface area contributed by atoms with Crippen LogP contribution in [0.15, 0.2) is 60.7 Å². The van der Waals surface area contributed by atoms with Crippen LogP contribution in [-0.4, -0.2) is 53.0 Å². The van der Waals surface area contributed by atoms with Crippen molar-refractivity contribution >= 4 is 35.1 Å². The molecule has 0 aromatic heterocycles. The molecular formula is C31H29Cl2F2NO6. The van der Waals surface area contributed by atoms with Crippen molar-refractivity contribution in [1.29, 1.82) is 0 Å². The second kappa shape index (κ2) is 11.2. The fourth-order valence-electron chi connectivity index (χ4n) is 6.08. The first-order valence-electron chi connectivity index (χ1n) is 13.3. The van der Waals surface area contributed by atoms with Crippen LogP contribution in [0.2, 0.25) is 10.0 Å². The average molecular weight is 620 g/mol. The number of benzene rings is 3. The molecule has 3 atom stereocenters. The van der Waals surface area contributed by atoms with Crippen LogP contribution in [0.1, 0.15) is 64.8 Å². The Morgan fingerprint density at radius 1 is 1.10 bits per heavy atom. The van der Waals surface area contributed by atoms with Gasteiger partial charge in [-0.3, -0.25) is 14.5 Å². The van der Waals surface area contributed by atoms with Crippen LogP contribution in [0, 0.1) is 5.82 Å². The highest BCUT2D eigenvalue weighted by Gasteiger charge is 2.58. The van der Waals surface area contributed by atoms with E-state index in [1.165, 1.54) is 25.0 Å². The number of carboxylic acids is 1. The van der Waals surface area contributed by atoms with Gasteiger partial charge in [0.2, 0.25) is 0 Å². The van der Waals surface area contributed by atoms with Gasteiger partial charge in [-0.1, -0.05) is 47.5 Å². The molecule has 222 valence electrons. The molecule has 0 saturated carbocycles.